The van der Waals surface area contributed by atoms with Crippen LogP contribution in [0, 0.1) is 5.82 Å². The molecule has 1 unspecified atom stereocenters. The van der Waals surface area contributed by atoms with E-state index in [0.717, 1.165) is 11.3 Å². The molecule has 1 atom stereocenters. The van der Waals surface area contributed by atoms with Gasteiger partial charge in [-0.1, -0.05) is 48.3 Å². The van der Waals surface area contributed by atoms with Gasteiger partial charge in [-0.2, -0.15) is 0 Å². The number of nitrogens with zero attached hydrogens (tertiary/aromatic N) is 2. The van der Waals surface area contributed by atoms with Crippen LogP contribution in [0.25, 0.3) is 6.08 Å². The average Bonchev–Trinajstić information content (AvgIpc) is 3.17. The summed E-state index contributed by atoms with van der Waals surface area (Å²) in [6.45, 7) is 6.45. The zero-order valence-corrected chi connectivity index (χ0v) is 21.1. The second-order valence-corrected chi connectivity index (χ2v) is 9.00. The van der Waals surface area contributed by atoms with Gasteiger partial charge >= 0.3 is 11.9 Å². The van der Waals surface area contributed by atoms with Gasteiger partial charge in [0, 0.05) is 12.5 Å². The Morgan fingerprint density at radius 2 is 1.97 bits per heavy atom. The lowest BCUT2D eigenvalue weighted by Gasteiger charge is -2.25. The highest BCUT2D eigenvalue weighted by atomic mass is 32.1. The van der Waals surface area contributed by atoms with Gasteiger partial charge in [-0.25, -0.2) is 14.2 Å². The van der Waals surface area contributed by atoms with Crippen molar-refractivity contribution in [2.45, 2.75) is 19.9 Å². The van der Waals surface area contributed by atoms with Crippen LogP contribution in [0.3, 0.4) is 0 Å². The molecular weight excluding hydrogens is 499 g/mol. The van der Waals surface area contributed by atoms with Crippen LogP contribution in [-0.2, 0) is 14.3 Å². The summed E-state index contributed by atoms with van der Waals surface area (Å²) in [5, 5.41) is 0. The minimum absolute atomic E-state index is 0.0330. The van der Waals surface area contributed by atoms with Crippen LogP contribution in [0.5, 0.6) is 11.5 Å². The first-order valence-corrected chi connectivity index (χ1v) is 12.0. The van der Waals surface area contributed by atoms with E-state index in [4.69, 9.17) is 14.2 Å². The van der Waals surface area contributed by atoms with E-state index in [0.29, 0.717) is 16.1 Å². The van der Waals surface area contributed by atoms with Gasteiger partial charge in [-0.15, -0.1) is 0 Å². The number of carbonyl (C=O) groups is 2. The van der Waals surface area contributed by atoms with Gasteiger partial charge in [0.1, 0.15) is 12.4 Å². The zero-order chi connectivity index (χ0) is 26.7. The fraction of sp³-hybridized carbons (Fsp3) is 0.185. The molecule has 190 valence electrons. The number of fused-ring (bicyclic) bond motifs is 1. The summed E-state index contributed by atoms with van der Waals surface area (Å²) >= 11 is 1.08. The van der Waals surface area contributed by atoms with E-state index < -0.39 is 29.4 Å². The Labute approximate surface area is 215 Å². The molecule has 1 aliphatic heterocycles. The molecule has 0 saturated heterocycles. The number of rotatable bonds is 7. The molecule has 0 fully saturated rings. The van der Waals surface area contributed by atoms with Crippen LogP contribution in [0.4, 0.5) is 4.39 Å². The van der Waals surface area contributed by atoms with E-state index in [1.54, 1.807) is 37.3 Å². The second-order valence-electron chi connectivity index (χ2n) is 7.99. The maximum atomic E-state index is 14.3. The molecule has 0 saturated carbocycles. The Morgan fingerprint density at radius 1 is 1.22 bits per heavy atom. The number of methoxy groups -OCH3 is 1. The molecule has 0 radical (unpaired) electrons. The van der Waals surface area contributed by atoms with E-state index in [1.807, 2.05) is 0 Å². The summed E-state index contributed by atoms with van der Waals surface area (Å²) in [6.07, 6.45) is 2.89. The highest BCUT2D eigenvalue weighted by Crippen LogP contribution is 2.36. The average molecular weight is 523 g/mol. The first-order chi connectivity index (χ1) is 17.7. The maximum absolute atomic E-state index is 14.3. The normalized spacial score (nSPS) is 15.0. The summed E-state index contributed by atoms with van der Waals surface area (Å²) < 4.78 is 31.8. The fourth-order valence-electron chi connectivity index (χ4n) is 3.94. The molecule has 4 rings (SSSR count). The van der Waals surface area contributed by atoms with E-state index in [1.165, 1.54) is 42.9 Å². The molecule has 37 heavy (non-hydrogen) atoms. The number of aromatic nitrogens is 1. The lowest BCUT2D eigenvalue weighted by atomic mass is 9.95. The second kappa shape index (κ2) is 10.8. The standard InChI is InChI=1S/C27H23FN2O6S/c1-5-12-35-26(33)23-15(2)29-27-30(25(32)22(37-27)14-17-8-6-7-9-19(17)28)24(23)18-10-11-20(36-16(3)31)21(13-18)34-4/h5-11,13-14,24H,1,12H2,2-4H3. The van der Waals surface area contributed by atoms with Crippen LogP contribution in [0.15, 0.2) is 76.2 Å². The van der Waals surface area contributed by atoms with Gasteiger partial charge in [0.05, 0.1) is 29.0 Å². The SMILES string of the molecule is C=CCOC(=O)C1=C(C)N=c2sc(=Cc3ccccc3F)c(=O)n2C1c1ccc(OC(C)=O)c(OC)c1. The lowest BCUT2D eigenvalue weighted by molar-refractivity contribution is -0.138. The molecule has 0 amide bonds. The highest BCUT2D eigenvalue weighted by Gasteiger charge is 2.34. The van der Waals surface area contributed by atoms with Crippen LogP contribution in [0.2, 0.25) is 0 Å². The molecule has 2 heterocycles. The number of esters is 2. The van der Waals surface area contributed by atoms with Crippen molar-refractivity contribution in [1.82, 2.24) is 4.57 Å². The Morgan fingerprint density at radius 3 is 2.65 bits per heavy atom. The molecule has 3 aromatic rings. The number of thiazole rings is 1. The number of benzene rings is 2. The zero-order valence-electron chi connectivity index (χ0n) is 20.3. The van der Waals surface area contributed by atoms with Crippen molar-refractivity contribution >= 4 is 29.4 Å². The van der Waals surface area contributed by atoms with Gasteiger partial charge in [0.2, 0.25) is 0 Å². The third-order valence-electron chi connectivity index (χ3n) is 5.52. The predicted molar refractivity (Wildman–Crippen MR) is 136 cm³/mol. The van der Waals surface area contributed by atoms with Gasteiger partial charge in [-0.3, -0.25) is 14.2 Å². The molecule has 1 aliphatic rings. The van der Waals surface area contributed by atoms with Crippen molar-refractivity contribution < 1.29 is 28.2 Å². The van der Waals surface area contributed by atoms with Crippen molar-refractivity contribution in [3.63, 3.8) is 0 Å². The number of allylic oxidation sites excluding steroid dienone is 1. The van der Waals surface area contributed by atoms with Crippen molar-refractivity contribution in [2.24, 2.45) is 4.99 Å². The highest BCUT2D eigenvalue weighted by molar-refractivity contribution is 7.07. The Kier molecular flexibility index (Phi) is 7.49. The number of hydrogen-bond donors (Lipinski definition) is 0. The van der Waals surface area contributed by atoms with E-state index in [2.05, 4.69) is 11.6 Å². The quantitative estimate of drug-likeness (QED) is 0.269. The van der Waals surface area contributed by atoms with E-state index >= 15 is 0 Å². The number of halogens is 1. The monoisotopic (exact) mass is 522 g/mol. The first-order valence-electron chi connectivity index (χ1n) is 11.2. The minimum Gasteiger partial charge on any atom is -0.493 e. The first kappa shape index (κ1) is 25.8. The lowest BCUT2D eigenvalue weighted by Crippen LogP contribution is -2.40. The third-order valence-corrected chi connectivity index (χ3v) is 6.51. The molecule has 2 aromatic carbocycles. The molecule has 0 N–H and O–H groups in total. The van der Waals surface area contributed by atoms with Crippen LogP contribution in [0.1, 0.15) is 31.0 Å². The molecule has 0 aliphatic carbocycles. The molecule has 1 aromatic heterocycles. The van der Waals surface area contributed by atoms with Crippen molar-refractivity contribution in [2.75, 3.05) is 13.7 Å². The van der Waals surface area contributed by atoms with Crippen molar-refractivity contribution in [3.8, 4) is 11.5 Å². The van der Waals surface area contributed by atoms with E-state index in [9.17, 15) is 18.8 Å². The number of ether oxygens (including phenoxy) is 3. The molecule has 0 bridgehead atoms. The Balaban J connectivity index is 1.96. The van der Waals surface area contributed by atoms with E-state index in [-0.39, 0.29) is 33.8 Å². The minimum atomic E-state index is -0.934. The third kappa shape index (κ3) is 5.14. The van der Waals surface area contributed by atoms with Crippen LogP contribution >= 0.6 is 11.3 Å². The van der Waals surface area contributed by atoms with Gasteiger partial charge in [-0.05, 0) is 36.8 Å². The predicted octanol–water partition coefficient (Wildman–Crippen LogP) is 3.04. The summed E-state index contributed by atoms with van der Waals surface area (Å²) in [5.74, 6) is -1.26. The van der Waals surface area contributed by atoms with Gasteiger partial charge < -0.3 is 14.2 Å². The van der Waals surface area contributed by atoms with Crippen LogP contribution in [-0.4, -0.2) is 30.2 Å². The van der Waals surface area contributed by atoms with Crippen molar-refractivity contribution in [1.29, 1.82) is 0 Å². The van der Waals surface area contributed by atoms with Gasteiger partial charge in [0.25, 0.3) is 5.56 Å². The fourth-order valence-corrected chi connectivity index (χ4v) is 4.97. The molecule has 10 heteroatoms. The molecule has 8 nitrogen and oxygen atoms in total. The van der Waals surface area contributed by atoms with Gasteiger partial charge in [0.15, 0.2) is 16.3 Å². The summed E-state index contributed by atoms with van der Waals surface area (Å²) in [5.41, 5.74) is 0.792. The molecule has 0 spiro atoms. The summed E-state index contributed by atoms with van der Waals surface area (Å²) in [4.78, 5) is 43.1. The van der Waals surface area contributed by atoms with Crippen molar-refractivity contribution in [3.05, 3.63) is 103 Å². The van der Waals surface area contributed by atoms with Crippen LogP contribution < -0.4 is 24.4 Å². The summed E-state index contributed by atoms with van der Waals surface area (Å²) in [6, 6.07) is 9.89. The Bertz CT molecular complexity index is 1620. The number of carbonyl (C=O) groups excluding carboxylic acids is 2. The molecular formula is C27H23FN2O6S. The number of hydrogen-bond acceptors (Lipinski definition) is 8. The Hall–Kier alpha value is -4.31. The smallest absolute Gasteiger partial charge is 0.338 e. The topological polar surface area (TPSA) is 96.2 Å². The maximum Gasteiger partial charge on any atom is 0.338 e. The summed E-state index contributed by atoms with van der Waals surface area (Å²) in [7, 11) is 1.41. The largest absolute Gasteiger partial charge is 0.493 e.